The van der Waals surface area contributed by atoms with Crippen LogP contribution >= 0.6 is 23.8 Å². The molecule has 1 aromatic heterocycles. The third kappa shape index (κ3) is 3.81. The van der Waals surface area contributed by atoms with E-state index in [1.54, 1.807) is 0 Å². The molecule has 0 unspecified atom stereocenters. The summed E-state index contributed by atoms with van der Waals surface area (Å²) in [5.74, 6) is 1.44. The standard InChI is InChI=1S/C13H15ClN2O2S/c1-8-6-10(7-9(2)12(8)14)17-5-3-4-11-15-16-13(19)18-11/h6-7H,3-5H2,1-2H3,(H,16,19). The average molecular weight is 299 g/mol. The molecule has 4 nitrogen and oxygen atoms in total. The second-order valence-electron chi connectivity index (χ2n) is 4.33. The first-order valence-electron chi connectivity index (χ1n) is 6.00. The predicted molar refractivity (Wildman–Crippen MR) is 76.4 cm³/mol. The van der Waals surface area contributed by atoms with Gasteiger partial charge in [0, 0.05) is 11.4 Å². The van der Waals surface area contributed by atoms with Crippen LogP contribution in [0, 0.1) is 18.7 Å². The average Bonchev–Trinajstić information content (AvgIpc) is 2.77. The number of H-pyrrole nitrogens is 1. The number of hydrogen-bond acceptors (Lipinski definition) is 4. The fraction of sp³-hybridized carbons (Fsp3) is 0.385. The van der Waals surface area contributed by atoms with Crippen LogP contribution in [0.2, 0.25) is 5.02 Å². The van der Waals surface area contributed by atoms with E-state index in [-0.39, 0.29) is 0 Å². The number of hydrogen-bond donors (Lipinski definition) is 1. The molecule has 0 atom stereocenters. The van der Waals surface area contributed by atoms with Crippen molar-refractivity contribution in [3.05, 3.63) is 39.0 Å². The maximum Gasteiger partial charge on any atom is 0.284 e. The van der Waals surface area contributed by atoms with Gasteiger partial charge in [0.1, 0.15) is 5.75 Å². The van der Waals surface area contributed by atoms with Crippen molar-refractivity contribution < 1.29 is 9.15 Å². The summed E-state index contributed by atoms with van der Waals surface area (Å²) in [6.07, 6.45) is 1.50. The molecule has 2 rings (SSSR count). The number of halogens is 1. The lowest BCUT2D eigenvalue weighted by Gasteiger charge is -2.09. The van der Waals surface area contributed by atoms with Gasteiger partial charge in [-0.3, -0.25) is 0 Å². The molecule has 0 bridgehead atoms. The molecular weight excluding hydrogens is 284 g/mol. The van der Waals surface area contributed by atoms with E-state index in [0.717, 1.165) is 28.3 Å². The topological polar surface area (TPSA) is 51.0 Å². The van der Waals surface area contributed by atoms with E-state index in [2.05, 4.69) is 10.2 Å². The molecule has 102 valence electrons. The van der Waals surface area contributed by atoms with Crippen LogP contribution in [-0.2, 0) is 6.42 Å². The number of nitrogens with one attached hydrogen (secondary N) is 1. The molecule has 6 heteroatoms. The molecule has 1 N–H and O–H groups in total. The molecule has 1 heterocycles. The van der Waals surface area contributed by atoms with Crippen molar-refractivity contribution in [1.82, 2.24) is 10.2 Å². The summed E-state index contributed by atoms with van der Waals surface area (Å²) >= 11 is 10.9. The highest BCUT2D eigenvalue weighted by Crippen LogP contribution is 2.25. The van der Waals surface area contributed by atoms with Crippen LogP contribution in [-0.4, -0.2) is 16.8 Å². The van der Waals surface area contributed by atoms with E-state index in [0.29, 0.717) is 23.8 Å². The quantitative estimate of drug-likeness (QED) is 0.669. The van der Waals surface area contributed by atoms with E-state index < -0.39 is 0 Å². The summed E-state index contributed by atoms with van der Waals surface area (Å²) in [6.45, 7) is 4.53. The normalized spacial score (nSPS) is 10.7. The Kier molecular flexibility index (Phi) is 4.61. The number of nitrogens with zero attached hydrogens (tertiary/aromatic N) is 1. The van der Waals surface area contributed by atoms with E-state index in [1.165, 1.54) is 0 Å². The summed E-state index contributed by atoms with van der Waals surface area (Å²) < 4.78 is 10.9. The van der Waals surface area contributed by atoms with Crippen molar-refractivity contribution in [3.8, 4) is 5.75 Å². The van der Waals surface area contributed by atoms with Crippen molar-refractivity contribution in [1.29, 1.82) is 0 Å². The van der Waals surface area contributed by atoms with E-state index >= 15 is 0 Å². The number of aromatic nitrogens is 2. The van der Waals surface area contributed by atoms with Gasteiger partial charge in [0.2, 0.25) is 5.89 Å². The molecule has 2 aromatic rings. The van der Waals surface area contributed by atoms with Crippen molar-refractivity contribution in [3.63, 3.8) is 0 Å². The highest BCUT2D eigenvalue weighted by molar-refractivity contribution is 7.71. The molecule has 0 spiro atoms. The van der Waals surface area contributed by atoms with E-state index in [9.17, 15) is 0 Å². The zero-order valence-electron chi connectivity index (χ0n) is 10.8. The van der Waals surface area contributed by atoms with Gasteiger partial charge in [-0.15, -0.1) is 5.10 Å². The van der Waals surface area contributed by atoms with Gasteiger partial charge in [-0.2, -0.15) is 0 Å². The monoisotopic (exact) mass is 298 g/mol. The van der Waals surface area contributed by atoms with Crippen LogP contribution in [0.1, 0.15) is 23.4 Å². The van der Waals surface area contributed by atoms with Crippen LogP contribution in [0.15, 0.2) is 16.5 Å². The number of aromatic amines is 1. The molecule has 19 heavy (non-hydrogen) atoms. The van der Waals surface area contributed by atoms with Crippen molar-refractivity contribution in [2.45, 2.75) is 26.7 Å². The molecule has 0 aliphatic rings. The Morgan fingerprint density at radius 2 is 2.05 bits per heavy atom. The predicted octanol–water partition coefficient (Wildman–Crippen LogP) is 4.01. The molecule has 0 radical (unpaired) electrons. The fourth-order valence-corrected chi connectivity index (χ4v) is 2.02. The van der Waals surface area contributed by atoms with Crippen LogP contribution in [0.3, 0.4) is 0 Å². The van der Waals surface area contributed by atoms with Crippen LogP contribution in [0.4, 0.5) is 0 Å². The number of aryl methyl sites for hydroxylation is 3. The number of ether oxygens (including phenoxy) is 1. The minimum atomic E-state index is 0.305. The van der Waals surface area contributed by atoms with Gasteiger partial charge in [0.15, 0.2) is 0 Å². The number of benzene rings is 1. The lowest BCUT2D eigenvalue weighted by molar-refractivity contribution is 0.304. The second-order valence-corrected chi connectivity index (χ2v) is 5.08. The Hall–Kier alpha value is -1.33. The van der Waals surface area contributed by atoms with E-state index in [4.69, 9.17) is 33.0 Å². The van der Waals surface area contributed by atoms with Gasteiger partial charge in [-0.05, 0) is 55.7 Å². The van der Waals surface area contributed by atoms with Crippen molar-refractivity contribution in [2.24, 2.45) is 0 Å². The van der Waals surface area contributed by atoms with Gasteiger partial charge in [-0.25, -0.2) is 5.10 Å². The molecule has 0 saturated carbocycles. The minimum absolute atomic E-state index is 0.305. The second kappa shape index (κ2) is 6.21. The highest BCUT2D eigenvalue weighted by Gasteiger charge is 2.04. The lowest BCUT2D eigenvalue weighted by Crippen LogP contribution is -2.00. The first-order valence-corrected chi connectivity index (χ1v) is 6.79. The molecule has 1 aromatic carbocycles. The summed E-state index contributed by atoms with van der Waals surface area (Å²) in [6, 6.07) is 3.88. The Bertz CT molecular complexity index is 598. The van der Waals surface area contributed by atoms with Crippen LogP contribution < -0.4 is 4.74 Å². The van der Waals surface area contributed by atoms with Crippen molar-refractivity contribution >= 4 is 23.8 Å². The Balaban J connectivity index is 1.84. The summed E-state index contributed by atoms with van der Waals surface area (Å²) in [7, 11) is 0. The van der Waals surface area contributed by atoms with Crippen molar-refractivity contribution in [2.75, 3.05) is 6.61 Å². The first-order chi connectivity index (χ1) is 9.06. The maximum atomic E-state index is 6.10. The maximum absolute atomic E-state index is 6.10. The van der Waals surface area contributed by atoms with Gasteiger partial charge in [-0.1, -0.05) is 11.6 Å². The molecule has 0 aliphatic carbocycles. The third-order valence-electron chi connectivity index (χ3n) is 2.70. The zero-order chi connectivity index (χ0) is 13.8. The van der Waals surface area contributed by atoms with E-state index in [1.807, 2.05) is 26.0 Å². The Morgan fingerprint density at radius 1 is 1.37 bits per heavy atom. The SMILES string of the molecule is Cc1cc(OCCCc2n[nH]c(=S)o2)cc(C)c1Cl. The smallest absolute Gasteiger partial charge is 0.284 e. The molecular formula is C13H15ClN2O2S. The van der Waals surface area contributed by atoms with Gasteiger partial charge < -0.3 is 9.15 Å². The third-order valence-corrected chi connectivity index (χ3v) is 3.47. The van der Waals surface area contributed by atoms with Crippen LogP contribution in [0.25, 0.3) is 0 Å². The first kappa shape index (κ1) is 14.1. The zero-order valence-corrected chi connectivity index (χ0v) is 12.4. The highest BCUT2D eigenvalue weighted by atomic mass is 35.5. The minimum Gasteiger partial charge on any atom is -0.494 e. The summed E-state index contributed by atoms with van der Waals surface area (Å²) in [5, 5.41) is 7.31. The van der Waals surface area contributed by atoms with Crippen LogP contribution in [0.5, 0.6) is 5.75 Å². The number of rotatable bonds is 5. The fourth-order valence-electron chi connectivity index (χ4n) is 1.77. The molecule has 0 aliphatic heterocycles. The largest absolute Gasteiger partial charge is 0.494 e. The van der Waals surface area contributed by atoms with Gasteiger partial charge in [0.25, 0.3) is 4.84 Å². The lowest BCUT2D eigenvalue weighted by atomic mass is 10.1. The summed E-state index contributed by atoms with van der Waals surface area (Å²) in [5.41, 5.74) is 2.05. The summed E-state index contributed by atoms with van der Waals surface area (Å²) in [4.78, 5) is 0.305. The van der Waals surface area contributed by atoms with Gasteiger partial charge in [0.05, 0.1) is 6.61 Å². The Morgan fingerprint density at radius 3 is 2.63 bits per heavy atom. The molecule has 0 saturated heterocycles. The molecule has 0 amide bonds. The van der Waals surface area contributed by atoms with Gasteiger partial charge >= 0.3 is 0 Å². The molecule has 0 fully saturated rings. The Labute approximate surface area is 121 Å².